The van der Waals surface area contributed by atoms with E-state index in [9.17, 15) is 4.79 Å². The highest BCUT2D eigenvalue weighted by Gasteiger charge is 2.16. The number of hydrogen-bond acceptors (Lipinski definition) is 2. The van der Waals surface area contributed by atoms with Crippen LogP contribution in [-0.4, -0.2) is 5.91 Å². The van der Waals surface area contributed by atoms with Crippen molar-refractivity contribution in [2.75, 3.05) is 5.32 Å². The van der Waals surface area contributed by atoms with Crippen LogP contribution >= 0.6 is 27.5 Å². The molecule has 1 rings (SSSR count). The summed E-state index contributed by atoms with van der Waals surface area (Å²) in [5, 5.41) is 11.9. The van der Waals surface area contributed by atoms with E-state index in [1.807, 2.05) is 6.07 Å². The predicted octanol–water partition coefficient (Wildman–Crippen LogP) is 3.59. The van der Waals surface area contributed by atoms with Gasteiger partial charge in [-0.25, -0.2) is 0 Å². The van der Waals surface area contributed by atoms with Crippen molar-refractivity contribution in [3.63, 3.8) is 0 Å². The first kappa shape index (κ1) is 13.0. The van der Waals surface area contributed by atoms with Gasteiger partial charge in [-0.1, -0.05) is 24.6 Å². The zero-order valence-electron chi connectivity index (χ0n) is 8.63. The third kappa shape index (κ3) is 2.97. The normalized spacial score (nSPS) is 11.6. The van der Waals surface area contributed by atoms with E-state index in [1.165, 1.54) is 0 Å². The van der Waals surface area contributed by atoms with Crippen LogP contribution < -0.4 is 5.32 Å². The summed E-state index contributed by atoms with van der Waals surface area (Å²) in [5.74, 6) is -0.946. The maximum absolute atomic E-state index is 11.6. The standard InChI is InChI=1S/C11H10BrClN2O/c1-2-7(6-14)11(16)15-9-5-3-4-8(13)10(9)12/h3-5,7H,2H2,1H3,(H,15,16). The number of benzene rings is 1. The van der Waals surface area contributed by atoms with E-state index in [4.69, 9.17) is 16.9 Å². The minimum atomic E-state index is -0.633. The van der Waals surface area contributed by atoms with Crippen LogP contribution in [-0.2, 0) is 4.79 Å². The minimum Gasteiger partial charge on any atom is -0.324 e. The SMILES string of the molecule is CCC(C#N)C(=O)Nc1cccc(Cl)c1Br. The lowest BCUT2D eigenvalue weighted by Crippen LogP contribution is -2.21. The molecule has 1 amide bonds. The number of rotatable bonds is 3. The molecular formula is C11H10BrClN2O. The Balaban J connectivity index is 2.86. The van der Waals surface area contributed by atoms with Gasteiger partial charge in [0, 0.05) is 0 Å². The molecule has 16 heavy (non-hydrogen) atoms. The summed E-state index contributed by atoms with van der Waals surface area (Å²) in [4.78, 5) is 11.6. The van der Waals surface area contributed by atoms with Gasteiger partial charge in [0.15, 0.2) is 0 Å². The van der Waals surface area contributed by atoms with Gasteiger partial charge < -0.3 is 5.32 Å². The third-order valence-electron chi connectivity index (χ3n) is 2.09. The Hall–Kier alpha value is -1.05. The molecule has 0 spiro atoms. The molecule has 5 heteroatoms. The Kier molecular flexibility index (Phi) is 4.78. The minimum absolute atomic E-state index is 0.312. The second kappa shape index (κ2) is 5.88. The summed E-state index contributed by atoms with van der Waals surface area (Å²) < 4.78 is 0.623. The molecule has 0 aromatic heterocycles. The molecule has 0 aliphatic heterocycles. The molecule has 1 N–H and O–H groups in total. The number of nitrogens with zero attached hydrogens (tertiary/aromatic N) is 1. The highest BCUT2D eigenvalue weighted by atomic mass is 79.9. The van der Waals surface area contributed by atoms with E-state index in [0.29, 0.717) is 21.6 Å². The van der Waals surface area contributed by atoms with Gasteiger partial charge >= 0.3 is 0 Å². The molecular weight excluding hydrogens is 291 g/mol. The van der Waals surface area contributed by atoms with Crippen LogP contribution in [0.4, 0.5) is 5.69 Å². The molecule has 1 aromatic rings. The van der Waals surface area contributed by atoms with Crippen molar-refractivity contribution in [2.45, 2.75) is 13.3 Å². The summed E-state index contributed by atoms with van der Waals surface area (Å²) in [6, 6.07) is 7.11. The van der Waals surface area contributed by atoms with Crippen molar-refractivity contribution in [2.24, 2.45) is 5.92 Å². The van der Waals surface area contributed by atoms with Gasteiger partial charge in [-0.05, 0) is 34.5 Å². The van der Waals surface area contributed by atoms with E-state index >= 15 is 0 Å². The average molecular weight is 302 g/mol. The lowest BCUT2D eigenvalue weighted by atomic mass is 10.1. The number of carbonyl (C=O) groups excluding carboxylic acids is 1. The predicted molar refractivity (Wildman–Crippen MR) is 67.2 cm³/mol. The number of amides is 1. The Morgan fingerprint density at radius 1 is 1.69 bits per heavy atom. The number of carbonyl (C=O) groups is 1. The van der Waals surface area contributed by atoms with Crippen LogP contribution in [0.15, 0.2) is 22.7 Å². The van der Waals surface area contributed by atoms with Crippen molar-refractivity contribution >= 4 is 39.1 Å². The number of nitriles is 1. The zero-order chi connectivity index (χ0) is 12.1. The second-order valence-corrected chi connectivity index (χ2v) is 4.38. The van der Waals surface area contributed by atoms with Gasteiger partial charge in [-0.2, -0.15) is 5.26 Å². The average Bonchev–Trinajstić information content (AvgIpc) is 2.26. The molecule has 0 radical (unpaired) electrons. The summed E-state index contributed by atoms with van der Waals surface area (Å²) >= 11 is 9.15. The molecule has 3 nitrogen and oxygen atoms in total. The fraction of sp³-hybridized carbons (Fsp3) is 0.273. The topological polar surface area (TPSA) is 52.9 Å². The van der Waals surface area contributed by atoms with Gasteiger partial charge in [-0.3, -0.25) is 4.79 Å². The van der Waals surface area contributed by atoms with Crippen LogP contribution in [0.2, 0.25) is 5.02 Å². The Morgan fingerprint density at radius 2 is 2.38 bits per heavy atom. The highest BCUT2D eigenvalue weighted by molar-refractivity contribution is 9.10. The van der Waals surface area contributed by atoms with Crippen LogP contribution in [0.5, 0.6) is 0 Å². The first-order valence-corrected chi connectivity index (χ1v) is 5.91. The quantitative estimate of drug-likeness (QED) is 0.927. The molecule has 84 valence electrons. The van der Waals surface area contributed by atoms with Crippen LogP contribution in [0.1, 0.15) is 13.3 Å². The molecule has 0 heterocycles. The van der Waals surface area contributed by atoms with Gasteiger partial charge in [0.1, 0.15) is 5.92 Å². The number of anilines is 1. The van der Waals surface area contributed by atoms with Crippen LogP contribution in [0, 0.1) is 17.2 Å². The van der Waals surface area contributed by atoms with Gasteiger partial charge in [0.25, 0.3) is 0 Å². The maximum atomic E-state index is 11.6. The summed E-state index contributed by atoms with van der Waals surface area (Å²) in [6.07, 6.45) is 0.487. The molecule has 0 saturated carbocycles. The van der Waals surface area contributed by atoms with Crippen molar-refractivity contribution in [1.29, 1.82) is 5.26 Å². The largest absolute Gasteiger partial charge is 0.324 e. The van der Waals surface area contributed by atoms with Crippen molar-refractivity contribution < 1.29 is 4.79 Å². The second-order valence-electron chi connectivity index (χ2n) is 3.18. The first-order valence-electron chi connectivity index (χ1n) is 4.74. The Morgan fingerprint density at radius 3 is 2.94 bits per heavy atom. The maximum Gasteiger partial charge on any atom is 0.241 e. The van der Waals surface area contributed by atoms with Crippen LogP contribution in [0.25, 0.3) is 0 Å². The van der Waals surface area contributed by atoms with Crippen LogP contribution in [0.3, 0.4) is 0 Å². The van der Waals surface area contributed by atoms with E-state index in [-0.39, 0.29) is 5.91 Å². The summed E-state index contributed by atoms with van der Waals surface area (Å²) in [7, 11) is 0. The fourth-order valence-corrected chi connectivity index (χ4v) is 1.69. The summed E-state index contributed by atoms with van der Waals surface area (Å²) in [6.45, 7) is 1.79. The number of halogens is 2. The monoisotopic (exact) mass is 300 g/mol. The van der Waals surface area contributed by atoms with E-state index in [1.54, 1.807) is 25.1 Å². The number of nitrogens with one attached hydrogen (secondary N) is 1. The van der Waals surface area contributed by atoms with Crippen molar-refractivity contribution in [1.82, 2.24) is 0 Å². The molecule has 1 atom stereocenters. The highest BCUT2D eigenvalue weighted by Crippen LogP contribution is 2.30. The lowest BCUT2D eigenvalue weighted by molar-refractivity contribution is -0.118. The summed E-state index contributed by atoms with van der Waals surface area (Å²) in [5.41, 5.74) is 0.575. The van der Waals surface area contributed by atoms with Gasteiger partial charge in [0.2, 0.25) is 5.91 Å². The molecule has 0 fully saturated rings. The van der Waals surface area contributed by atoms with Crippen molar-refractivity contribution in [3.05, 3.63) is 27.7 Å². The van der Waals surface area contributed by atoms with E-state index < -0.39 is 5.92 Å². The zero-order valence-corrected chi connectivity index (χ0v) is 11.0. The number of hydrogen-bond donors (Lipinski definition) is 1. The Labute approximate surface area is 108 Å². The molecule has 0 saturated heterocycles. The molecule has 0 aliphatic rings. The van der Waals surface area contributed by atoms with E-state index in [0.717, 1.165) is 0 Å². The smallest absolute Gasteiger partial charge is 0.241 e. The van der Waals surface area contributed by atoms with E-state index in [2.05, 4.69) is 21.2 Å². The molecule has 0 bridgehead atoms. The van der Waals surface area contributed by atoms with Gasteiger partial charge in [-0.15, -0.1) is 0 Å². The molecule has 0 aliphatic carbocycles. The fourth-order valence-electron chi connectivity index (χ4n) is 1.16. The third-order valence-corrected chi connectivity index (χ3v) is 3.49. The Bertz CT molecular complexity index is 442. The molecule has 1 unspecified atom stereocenters. The lowest BCUT2D eigenvalue weighted by Gasteiger charge is -2.10. The first-order chi connectivity index (χ1) is 7.60. The molecule has 1 aromatic carbocycles. The van der Waals surface area contributed by atoms with Gasteiger partial charge in [0.05, 0.1) is 21.3 Å². The van der Waals surface area contributed by atoms with Crippen molar-refractivity contribution in [3.8, 4) is 6.07 Å².